The molecule has 0 radical (unpaired) electrons. The summed E-state index contributed by atoms with van der Waals surface area (Å²) in [6.07, 6.45) is 1.46. The van der Waals surface area contributed by atoms with Crippen LogP contribution in [-0.2, 0) is 13.6 Å². The van der Waals surface area contributed by atoms with Gasteiger partial charge in [-0.05, 0) is 6.07 Å². The van der Waals surface area contributed by atoms with E-state index in [1.165, 1.54) is 16.9 Å². The molecule has 0 aliphatic rings. The first-order valence-electron chi connectivity index (χ1n) is 5.88. The Labute approximate surface area is 109 Å². The number of para-hydroxylation sites is 1. The van der Waals surface area contributed by atoms with Gasteiger partial charge in [-0.2, -0.15) is 10.2 Å². The summed E-state index contributed by atoms with van der Waals surface area (Å²) in [4.78, 5) is 11.8. The molecule has 0 aliphatic heterocycles. The number of nitrogen functional groups attached to an aromatic ring is 1. The van der Waals surface area contributed by atoms with Crippen molar-refractivity contribution < 1.29 is 0 Å². The number of rotatable bonds is 2. The average Bonchev–Trinajstić information content (AvgIpc) is 2.71. The molecule has 19 heavy (non-hydrogen) atoms. The van der Waals surface area contributed by atoms with E-state index in [1.807, 2.05) is 31.3 Å². The lowest BCUT2D eigenvalue weighted by Gasteiger charge is -2.02. The smallest absolute Gasteiger partial charge is 0.269 e. The van der Waals surface area contributed by atoms with Crippen LogP contribution in [-0.4, -0.2) is 19.6 Å². The van der Waals surface area contributed by atoms with Crippen LogP contribution in [0.25, 0.3) is 10.9 Å². The van der Waals surface area contributed by atoms with Crippen molar-refractivity contribution in [3.8, 4) is 0 Å². The fourth-order valence-electron chi connectivity index (χ4n) is 2.11. The van der Waals surface area contributed by atoms with Gasteiger partial charge in [-0.1, -0.05) is 18.2 Å². The second-order valence-corrected chi connectivity index (χ2v) is 4.37. The molecular weight excluding hydrogens is 242 g/mol. The standard InChI is InChI=1S/C13H13N5O/c1-17-12-5-3-2-4-10(12)11(16-17)8-18-13(19)6-9(14)7-15-18/h2-7H,8,14H2,1H3. The summed E-state index contributed by atoms with van der Waals surface area (Å²) in [5, 5.41) is 9.48. The van der Waals surface area contributed by atoms with Crippen LogP contribution >= 0.6 is 0 Å². The predicted octanol–water partition coefficient (Wildman–Crippen LogP) is 0.760. The highest BCUT2D eigenvalue weighted by atomic mass is 16.1. The molecule has 6 nitrogen and oxygen atoms in total. The predicted molar refractivity (Wildman–Crippen MR) is 72.7 cm³/mol. The molecule has 3 aromatic rings. The summed E-state index contributed by atoms with van der Waals surface area (Å²) < 4.78 is 3.15. The number of anilines is 1. The maximum atomic E-state index is 11.8. The summed E-state index contributed by atoms with van der Waals surface area (Å²) >= 11 is 0. The van der Waals surface area contributed by atoms with Gasteiger partial charge in [0.2, 0.25) is 0 Å². The highest BCUT2D eigenvalue weighted by molar-refractivity contribution is 5.81. The van der Waals surface area contributed by atoms with Crippen molar-refractivity contribution in [1.82, 2.24) is 19.6 Å². The van der Waals surface area contributed by atoms with E-state index in [0.29, 0.717) is 12.2 Å². The summed E-state index contributed by atoms with van der Waals surface area (Å²) in [5.41, 5.74) is 7.51. The molecule has 0 atom stereocenters. The number of benzene rings is 1. The fraction of sp³-hybridized carbons (Fsp3) is 0.154. The maximum Gasteiger partial charge on any atom is 0.269 e. The van der Waals surface area contributed by atoms with Gasteiger partial charge in [-0.3, -0.25) is 9.48 Å². The third-order valence-corrected chi connectivity index (χ3v) is 3.02. The minimum absolute atomic E-state index is 0.227. The van der Waals surface area contributed by atoms with Crippen LogP contribution < -0.4 is 11.3 Å². The molecule has 96 valence electrons. The molecule has 0 unspecified atom stereocenters. The quantitative estimate of drug-likeness (QED) is 0.733. The van der Waals surface area contributed by atoms with E-state index in [0.717, 1.165) is 16.6 Å². The molecule has 2 N–H and O–H groups in total. The molecule has 1 aromatic carbocycles. The number of hydrogen-bond donors (Lipinski definition) is 1. The van der Waals surface area contributed by atoms with Crippen molar-refractivity contribution in [3.63, 3.8) is 0 Å². The van der Waals surface area contributed by atoms with E-state index >= 15 is 0 Å². The Morgan fingerprint density at radius 2 is 2.11 bits per heavy atom. The van der Waals surface area contributed by atoms with Crippen molar-refractivity contribution in [2.24, 2.45) is 7.05 Å². The first kappa shape index (κ1) is 11.5. The molecule has 2 heterocycles. The monoisotopic (exact) mass is 255 g/mol. The molecule has 6 heteroatoms. The molecule has 0 aliphatic carbocycles. The van der Waals surface area contributed by atoms with Crippen molar-refractivity contribution in [1.29, 1.82) is 0 Å². The van der Waals surface area contributed by atoms with Gasteiger partial charge in [0.05, 0.1) is 29.6 Å². The second-order valence-electron chi connectivity index (χ2n) is 4.37. The Morgan fingerprint density at radius 3 is 2.89 bits per heavy atom. The van der Waals surface area contributed by atoms with Gasteiger partial charge in [0.25, 0.3) is 5.56 Å². The Hall–Kier alpha value is -2.63. The van der Waals surface area contributed by atoms with Crippen molar-refractivity contribution in [2.75, 3.05) is 5.73 Å². The third kappa shape index (κ3) is 1.97. The molecule has 0 bridgehead atoms. The lowest BCUT2D eigenvalue weighted by Crippen LogP contribution is -2.23. The highest BCUT2D eigenvalue weighted by Crippen LogP contribution is 2.17. The van der Waals surface area contributed by atoms with E-state index in [-0.39, 0.29) is 5.56 Å². The minimum atomic E-state index is -0.227. The van der Waals surface area contributed by atoms with Crippen LogP contribution in [0.2, 0.25) is 0 Å². The molecule has 2 aromatic heterocycles. The number of nitrogens with zero attached hydrogens (tertiary/aromatic N) is 4. The van der Waals surface area contributed by atoms with E-state index in [9.17, 15) is 4.79 Å². The van der Waals surface area contributed by atoms with Crippen LogP contribution in [0.15, 0.2) is 41.3 Å². The number of aromatic nitrogens is 4. The topological polar surface area (TPSA) is 78.7 Å². The van der Waals surface area contributed by atoms with Gasteiger partial charge in [0, 0.05) is 18.5 Å². The highest BCUT2D eigenvalue weighted by Gasteiger charge is 2.09. The van der Waals surface area contributed by atoms with Gasteiger partial charge >= 0.3 is 0 Å². The van der Waals surface area contributed by atoms with E-state index in [2.05, 4.69) is 10.2 Å². The molecular formula is C13H13N5O. The van der Waals surface area contributed by atoms with Gasteiger partial charge in [0.1, 0.15) is 0 Å². The van der Waals surface area contributed by atoms with Crippen molar-refractivity contribution in [2.45, 2.75) is 6.54 Å². The maximum absolute atomic E-state index is 11.8. The summed E-state index contributed by atoms with van der Waals surface area (Å²) in [5.74, 6) is 0. The first-order chi connectivity index (χ1) is 9.15. The Morgan fingerprint density at radius 1 is 1.32 bits per heavy atom. The summed E-state index contributed by atoms with van der Waals surface area (Å²) in [6, 6.07) is 9.25. The largest absolute Gasteiger partial charge is 0.397 e. The van der Waals surface area contributed by atoms with Gasteiger partial charge in [-0.15, -0.1) is 0 Å². The molecule has 3 rings (SSSR count). The normalized spacial score (nSPS) is 11.0. The third-order valence-electron chi connectivity index (χ3n) is 3.02. The number of hydrogen-bond acceptors (Lipinski definition) is 4. The van der Waals surface area contributed by atoms with Crippen molar-refractivity contribution in [3.05, 3.63) is 52.6 Å². The molecule has 0 saturated carbocycles. The fourth-order valence-corrected chi connectivity index (χ4v) is 2.11. The number of aryl methyl sites for hydroxylation is 1. The summed E-state index contributed by atoms with van der Waals surface area (Å²) in [7, 11) is 1.88. The Bertz CT molecular complexity index is 802. The number of nitrogens with two attached hydrogens (primary N) is 1. The van der Waals surface area contributed by atoms with Crippen LogP contribution in [0.3, 0.4) is 0 Å². The number of fused-ring (bicyclic) bond motifs is 1. The SMILES string of the molecule is Cn1nc(Cn2ncc(N)cc2=O)c2ccccc21. The Balaban J connectivity index is 2.08. The van der Waals surface area contributed by atoms with Gasteiger partial charge < -0.3 is 5.73 Å². The molecule has 0 fully saturated rings. The van der Waals surface area contributed by atoms with E-state index in [1.54, 1.807) is 4.68 Å². The Kier molecular flexibility index (Phi) is 2.56. The first-order valence-corrected chi connectivity index (χ1v) is 5.88. The van der Waals surface area contributed by atoms with Crippen LogP contribution in [0.4, 0.5) is 5.69 Å². The van der Waals surface area contributed by atoms with Gasteiger partial charge in [-0.25, -0.2) is 4.68 Å². The van der Waals surface area contributed by atoms with Crippen molar-refractivity contribution >= 4 is 16.6 Å². The van der Waals surface area contributed by atoms with Crippen LogP contribution in [0.5, 0.6) is 0 Å². The lowest BCUT2D eigenvalue weighted by molar-refractivity contribution is 0.619. The zero-order valence-corrected chi connectivity index (χ0v) is 10.4. The van der Waals surface area contributed by atoms with Crippen LogP contribution in [0, 0.1) is 0 Å². The summed E-state index contributed by atoms with van der Waals surface area (Å²) in [6.45, 7) is 0.334. The van der Waals surface area contributed by atoms with Crippen LogP contribution in [0.1, 0.15) is 5.69 Å². The zero-order valence-electron chi connectivity index (χ0n) is 10.4. The van der Waals surface area contributed by atoms with E-state index in [4.69, 9.17) is 5.73 Å². The lowest BCUT2D eigenvalue weighted by atomic mass is 10.2. The second kappa shape index (κ2) is 4.24. The minimum Gasteiger partial charge on any atom is -0.397 e. The van der Waals surface area contributed by atoms with Gasteiger partial charge in [0.15, 0.2) is 0 Å². The zero-order chi connectivity index (χ0) is 13.4. The molecule has 0 saturated heterocycles. The van der Waals surface area contributed by atoms with E-state index < -0.39 is 0 Å². The average molecular weight is 255 g/mol. The molecule has 0 amide bonds. The molecule has 0 spiro atoms.